The monoisotopic (exact) mass is 521 g/mol. The van der Waals surface area contributed by atoms with Gasteiger partial charge in [0, 0.05) is 17.0 Å². The maximum absolute atomic E-state index is 14.9. The maximum Gasteiger partial charge on any atom is 0.313 e. The first kappa shape index (κ1) is 25.9. The van der Waals surface area contributed by atoms with Gasteiger partial charge in [0.2, 0.25) is 5.91 Å². The summed E-state index contributed by atoms with van der Waals surface area (Å²) in [7, 11) is 0. The number of nitrogens with zero attached hydrogens (tertiary/aromatic N) is 2. The number of carbonyl (C=O) groups excluding carboxylic acids is 2. The summed E-state index contributed by atoms with van der Waals surface area (Å²) in [4.78, 5) is 47.7. The topological polar surface area (TPSA) is 126 Å². The number of nitrogens with two attached hydrogens (primary N) is 1. The zero-order chi connectivity index (χ0) is 27.3. The van der Waals surface area contributed by atoms with E-state index in [0.717, 1.165) is 22.1 Å². The van der Waals surface area contributed by atoms with Crippen LogP contribution in [0.4, 0.5) is 4.39 Å². The number of carbonyl (C=O) groups is 2. The van der Waals surface area contributed by atoms with Gasteiger partial charge in [-0.2, -0.15) is 0 Å². The normalized spacial score (nSPS) is 18.6. The highest BCUT2D eigenvalue weighted by Crippen LogP contribution is 2.45. The average Bonchev–Trinajstić information content (AvgIpc) is 3.27. The molecule has 0 radical (unpaired) electrons. The second-order valence-electron chi connectivity index (χ2n) is 9.60. The maximum atomic E-state index is 14.9. The number of hydrogen-bond acceptors (Lipinski definition) is 7. The van der Waals surface area contributed by atoms with E-state index in [2.05, 4.69) is 17.1 Å². The number of hydrogen-bond donors (Lipinski definition) is 2. The molecule has 1 aliphatic carbocycles. The molecule has 198 valence electrons. The van der Waals surface area contributed by atoms with Crippen LogP contribution in [0, 0.1) is 19.7 Å². The Morgan fingerprint density at radius 2 is 2.05 bits per heavy atom. The standard InChI is InChI=1S/C26H25FN4O5.C2H5/c1-3-12-14-6-20-24-15(8-31(20)25(33)16(14)9-35-26(12)34)23-18(29-21(32)10-36-28)5-4-13-11(2)17(27)7-19(30-24)22(13)23;1-2/h6-7,12,18H,3-5,8-10,28H2,1-2H3,(H,29,32);1H2,2H3/q;+1. The number of fused-ring (bicyclic) bond motifs is 5. The molecule has 0 fully saturated rings. The summed E-state index contributed by atoms with van der Waals surface area (Å²) >= 11 is 0. The second-order valence-corrected chi connectivity index (χ2v) is 9.60. The first-order valence-electron chi connectivity index (χ1n) is 12.7. The Morgan fingerprint density at radius 3 is 2.76 bits per heavy atom. The van der Waals surface area contributed by atoms with Crippen molar-refractivity contribution in [3.63, 3.8) is 0 Å². The first-order chi connectivity index (χ1) is 18.3. The third-order valence-corrected chi connectivity index (χ3v) is 7.75. The van der Waals surface area contributed by atoms with E-state index in [1.54, 1.807) is 18.4 Å². The number of pyridine rings is 2. The van der Waals surface area contributed by atoms with Crippen LogP contribution in [-0.2, 0) is 38.7 Å². The van der Waals surface area contributed by atoms with Gasteiger partial charge in [0.05, 0.1) is 54.8 Å². The van der Waals surface area contributed by atoms with Crippen molar-refractivity contribution >= 4 is 22.8 Å². The largest absolute Gasteiger partial charge is 0.460 e. The molecule has 2 aromatic heterocycles. The van der Waals surface area contributed by atoms with Crippen LogP contribution in [0.2, 0.25) is 0 Å². The molecule has 0 saturated heterocycles. The van der Waals surface area contributed by atoms with Crippen LogP contribution in [0.5, 0.6) is 0 Å². The number of amides is 1. The van der Waals surface area contributed by atoms with Gasteiger partial charge in [-0.25, -0.2) is 15.3 Å². The lowest BCUT2D eigenvalue weighted by Crippen LogP contribution is -2.35. The molecule has 38 heavy (non-hydrogen) atoms. The Kier molecular flexibility index (Phi) is 6.70. The third kappa shape index (κ3) is 3.78. The van der Waals surface area contributed by atoms with Crippen molar-refractivity contribution in [2.75, 3.05) is 6.61 Å². The number of rotatable bonds is 4. The molecule has 3 aromatic rings. The Morgan fingerprint density at radius 1 is 1.29 bits per heavy atom. The molecule has 1 amide bonds. The lowest BCUT2D eigenvalue weighted by Gasteiger charge is -2.29. The Bertz CT molecular complexity index is 1550. The molecule has 6 rings (SSSR count). The summed E-state index contributed by atoms with van der Waals surface area (Å²) < 4.78 is 21.8. The van der Waals surface area contributed by atoms with Gasteiger partial charge in [0.1, 0.15) is 19.0 Å². The number of aromatic nitrogens is 2. The number of esters is 1. The van der Waals surface area contributed by atoms with Crippen molar-refractivity contribution in [3.05, 3.63) is 68.6 Å². The van der Waals surface area contributed by atoms with Crippen molar-refractivity contribution in [2.24, 2.45) is 5.90 Å². The molecule has 3 aliphatic rings. The van der Waals surface area contributed by atoms with Gasteiger partial charge in [0.15, 0.2) is 0 Å². The van der Waals surface area contributed by atoms with E-state index in [4.69, 9.17) is 15.6 Å². The summed E-state index contributed by atoms with van der Waals surface area (Å²) in [6.07, 6.45) is 1.63. The zero-order valence-corrected chi connectivity index (χ0v) is 21.7. The van der Waals surface area contributed by atoms with Crippen molar-refractivity contribution in [1.29, 1.82) is 0 Å². The van der Waals surface area contributed by atoms with E-state index in [-0.39, 0.29) is 49.1 Å². The summed E-state index contributed by atoms with van der Waals surface area (Å²) in [6.45, 7) is 8.53. The van der Waals surface area contributed by atoms with Gasteiger partial charge in [-0.3, -0.25) is 19.2 Å². The molecule has 4 heterocycles. The van der Waals surface area contributed by atoms with Gasteiger partial charge >= 0.3 is 5.97 Å². The Hall–Kier alpha value is -3.76. The molecular weight excluding hydrogens is 491 g/mol. The molecule has 1 aromatic carbocycles. The van der Waals surface area contributed by atoms with E-state index >= 15 is 0 Å². The molecule has 0 saturated carbocycles. The van der Waals surface area contributed by atoms with E-state index < -0.39 is 5.92 Å². The summed E-state index contributed by atoms with van der Waals surface area (Å²) in [5, 5.41) is 3.80. The Labute approximate surface area is 219 Å². The SMILES string of the molecule is CCC1C(=O)OCc2c1cc1n(c2=O)Cc2c-1nc1cc(F)c(C)c3c1c2C(NC(=O)CON)CC3.[CH2+]C. The van der Waals surface area contributed by atoms with Crippen LogP contribution < -0.4 is 16.8 Å². The van der Waals surface area contributed by atoms with Crippen LogP contribution in [0.3, 0.4) is 0 Å². The van der Waals surface area contributed by atoms with Gasteiger partial charge in [-0.15, -0.1) is 0 Å². The predicted octanol–water partition coefficient (Wildman–Crippen LogP) is 3.26. The lowest BCUT2D eigenvalue weighted by molar-refractivity contribution is -0.148. The van der Waals surface area contributed by atoms with E-state index in [1.165, 1.54) is 6.07 Å². The van der Waals surface area contributed by atoms with Gasteiger partial charge < -0.3 is 14.6 Å². The number of halogens is 1. The van der Waals surface area contributed by atoms with E-state index in [9.17, 15) is 18.8 Å². The second kappa shape index (κ2) is 9.85. The smallest absolute Gasteiger partial charge is 0.313 e. The molecule has 10 heteroatoms. The highest BCUT2D eigenvalue weighted by Gasteiger charge is 2.37. The Balaban J connectivity index is 0.00000144. The highest BCUT2D eigenvalue weighted by molar-refractivity contribution is 5.93. The fourth-order valence-electron chi connectivity index (χ4n) is 6.03. The molecular formula is C28H30FN4O5+. The molecule has 2 aliphatic heterocycles. The van der Waals surface area contributed by atoms with Gasteiger partial charge in [-0.05, 0) is 54.5 Å². The zero-order valence-electron chi connectivity index (χ0n) is 21.7. The highest BCUT2D eigenvalue weighted by atomic mass is 19.1. The van der Waals surface area contributed by atoms with Crippen LogP contribution in [0.25, 0.3) is 22.3 Å². The summed E-state index contributed by atoms with van der Waals surface area (Å²) in [5.41, 5.74) is 5.61. The van der Waals surface area contributed by atoms with Crippen molar-refractivity contribution in [1.82, 2.24) is 14.9 Å². The molecule has 2 unspecified atom stereocenters. The number of ether oxygens (including phenoxy) is 1. The number of aryl methyl sites for hydroxylation is 1. The van der Waals surface area contributed by atoms with Crippen molar-refractivity contribution in [3.8, 4) is 11.4 Å². The van der Waals surface area contributed by atoms with Crippen LogP contribution in [-0.4, -0.2) is 28.0 Å². The minimum atomic E-state index is -0.523. The van der Waals surface area contributed by atoms with Crippen LogP contribution in [0.15, 0.2) is 16.9 Å². The number of benzene rings is 1. The molecule has 0 spiro atoms. The number of cyclic esters (lactones) is 1. The van der Waals surface area contributed by atoms with Crippen LogP contribution in [0.1, 0.15) is 72.0 Å². The minimum absolute atomic E-state index is 0.0608. The van der Waals surface area contributed by atoms with E-state index in [0.29, 0.717) is 52.9 Å². The minimum Gasteiger partial charge on any atom is -0.460 e. The van der Waals surface area contributed by atoms with Gasteiger partial charge in [0.25, 0.3) is 5.56 Å². The number of nitrogens with one attached hydrogen (secondary N) is 1. The summed E-state index contributed by atoms with van der Waals surface area (Å²) in [6, 6.07) is 2.89. The van der Waals surface area contributed by atoms with Gasteiger partial charge in [-0.1, -0.05) is 6.92 Å². The fourth-order valence-corrected chi connectivity index (χ4v) is 6.03. The molecule has 9 nitrogen and oxygen atoms in total. The van der Waals surface area contributed by atoms with E-state index in [1.807, 2.05) is 13.0 Å². The molecule has 3 N–H and O–H groups in total. The summed E-state index contributed by atoms with van der Waals surface area (Å²) in [5.74, 6) is 3.52. The third-order valence-electron chi connectivity index (χ3n) is 7.75. The van der Waals surface area contributed by atoms with Crippen molar-refractivity contribution in [2.45, 2.75) is 65.1 Å². The van der Waals surface area contributed by atoms with Crippen molar-refractivity contribution < 1.29 is 23.6 Å². The predicted molar refractivity (Wildman–Crippen MR) is 138 cm³/mol. The first-order valence-corrected chi connectivity index (χ1v) is 12.7. The molecule has 2 atom stereocenters. The fraction of sp³-hybridized carbons (Fsp3) is 0.393. The average molecular weight is 522 g/mol. The quantitative estimate of drug-likeness (QED) is 0.240. The molecule has 0 bridgehead atoms. The lowest BCUT2D eigenvalue weighted by atomic mass is 9.81. The van der Waals surface area contributed by atoms with Crippen LogP contribution >= 0.6 is 0 Å².